The van der Waals surface area contributed by atoms with Crippen LogP contribution in [-0.2, 0) is 15.7 Å². The third-order valence-corrected chi connectivity index (χ3v) is 3.74. The van der Waals surface area contributed by atoms with Crippen molar-refractivity contribution >= 4 is 11.7 Å². The van der Waals surface area contributed by atoms with Crippen molar-refractivity contribution in [1.29, 1.82) is 0 Å². The number of aryl methyl sites for hydroxylation is 1. The van der Waals surface area contributed by atoms with Gasteiger partial charge in [0.2, 0.25) is 0 Å². The van der Waals surface area contributed by atoms with Crippen LogP contribution >= 0.6 is 0 Å². The number of amides is 1. The highest BCUT2D eigenvalue weighted by Gasteiger charge is 2.34. The number of nitrogens with one attached hydrogen (secondary N) is 2. The molecule has 0 aliphatic carbocycles. The van der Waals surface area contributed by atoms with Gasteiger partial charge in [0, 0.05) is 19.2 Å². The molecule has 1 saturated heterocycles. The Kier molecular flexibility index (Phi) is 4.78. The summed E-state index contributed by atoms with van der Waals surface area (Å²) in [5, 5.41) is 9.73. The molecule has 1 fully saturated rings. The number of nitrogens with zero attached hydrogens (tertiary/aromatic N) is 2. The Balaban J connectivity index is 1.93. The highest BCUT2D eigenvalue weighted by atomic mass is 19.4. The predicted molar refractivity (Wildman–Crippen MR) is 84.5 cm³/mol. The van der Waals surface area contributed by atoms with E-state index in [1.807, 2.05) is 0 Å². The number of rotatable bonds is 3. The zero-order valence-electron chi connectivity index (χ0n) is 13.4. The van der Waals surface area contributed by atoms with E-state index in [1.165, 1.54) is 24.3 Å². The van der Waals surface area contributed by atoms with Gasteiger partial charge in [-0.15, -0.1) is 0 Å². The highest BCUT2D eigenvalue weighted by molar-refractivity contribution is 5.94. The fraction of sp³-hybridized carbons (Fsp3) is 0.375. The second kappa shape index (κ2) is 6.85. The van der Waals surface area contributed by atoms with Crippen molar-refractivity contribution in [2.75, 3.05) is 25.0 Å². The standard InChI is InChI=1S/C16H17F3N4O2/c1-10-8-14(21-15(24)13-9-20-6-7-25-13)23(22-10)12-5-3-2-4-11(12)16(17,18)19/h2-5,8,13,20H,6-7,9H2,1H3,(H,21,24). The number of halogens is 3. The van der Waals surface area contributed by atoms with E-state index in [-0.39, 0.29) is 11.5 Å². The van der Waals surface area contributed by atoms with Crippen molar-refractivity contribution in [2.24, 2.45) is 0 Å². The summed E-state index contributed by atoms with van der Waals surface area (Å²) in [6.07, 6.45) is -5.23. The van der Waals surface area contributed by atoms with Crippen LogP contribution in [0.25, 0.3) is 5.69 Å². The molecule has 6 nitrogen and oxygen atoms in total. The smallest absolute Gasteiger partial charge is 0.366 e. The normalized spacial score (nSPS) is 18.2. The molecule has 2 heterocycles. The number of morpholine rings is 1. The van der Waals surface area contributed by atoms with E-state index in [1.54, 1.807) is 6.92 Å². The summed E-state index contributed by atoms with van der Waals surface area (Å²) in [5.74, 6) is -0.272. The predicted octanol–water partition coefficient (Wildman–Crippen LogP) is 2.13. The minimum atomic E-state index is -4.53. The van der Waals surface area contributed by atoms with E-state index in [2.05, 4.69) is 15.7 Å². The van der Waals surface area contributed by atoms with Gasteiger partial charge in [0.15, 0.2) is 0 Å². The average Bonchev–Trinajstić information content (AvgIpc) is 2.95. The van der Waals surface area contributed by atoms with Crippen molar-refractivity contribution in [2.45, 2.75) is 19.2 Å². The molecule has 1 aliphatic rings. The zero-order valence-corrected chi connectivity index (χ0v) is 13.4. The van der Waals surface area contributed by atoms with Gasteiger partial charge in [-0.1, -0.05) is 12.1 Å². The van der Waals surface area contributed by atoms with Gasteiger partial charge in [-0.05, 0) is 19.1 Å². The van der Waals surface area contributed by atoms with Gasteiger partial charge >= 0.3 is 6.18 Å². The van der Waals surface area contributed by atoms with Gasteiger partial charge in [0.1, 0.15) is 11.9 Å². The number of ether oxygens (including phenoxy) is 1. The number of para-hydroxylation sites is 1. The number of hydrogen-bond acceptors (Lipinski definition) is 4. The first-order valence-corrected chi connectivity index (χ1v) is 7.72. The number of hydrogen-bond donors (Lipinski definition) is 2. The third-order valence-electron chi connectivity index (χ3n) is 3.74. The lowest BCUT2D eigenvalue weighted by Crippen LogP contribution is -2.45. The van der Waals surface area contributed by atoms with E-state index in [9.17, 15) is 18.0 Å². The molecule has 25 heavy (non-hydrogen) atoms. The number of alkyl halides is 3. The molecule has 0 bridgehead atoms. The van der Waals surface area contributed by atoms with Gasteiger partial charge in [-0.25, -0.2) is 4.68 Å². The summed E-state index contributed by atoms with van der Waals surface area (Å²) in [7, 11) is 0. The van der Waals surface area contributed by atoms with Crippen molar-refractivity contribution < 1.29 is 22.7 Å². The number of carbonyl (C=O) groups is 1. The van der Waals surface area contributed by atoms with Crippen LogP contribution in [-0.4, -0.2) is 41.5 Å². The van der Waals surface area contributed by atoms with Gasteiger partial charge in [-0.2, -0.15) is 18.3 Å². The fourth-order valence-electron chi connectivity index (χ4n) is 2.61. The SMILES string of the molecule is Cc1cc(NC(=O)C2CNCCO2)n(-c2ccccc2C(F)(F)F)n1. The molecule has 1 atom stereocenters. The van der Waals surface area contributed by atoms with Crippen LogP contribution in [0.15, 0.2) is 30.3 Å². The molecule has 1 unspecified atom stereocenters. The number of carbonyl (C=O) groups excluding carboxylic acids is 1. The van der Waals surface area contributed by atoms with Crippen molar-refractivity contribution in [3.05, 3.63) is 41.6 Å². The molecule has 134 valence electrons. The van der Waals surface area contributed by atoms with Crippen molar-refractivity contribution in [3.8, 4) is 5.69 Å². The van der Waals surface area contributed by atoms with Crippen LogP contribution in [0.4, 0.5) is 19.0 Å². The van der Waals surface area contributed by atoms with Crippen LogP contribution in [0, 0.1) is 6.92 Å². The molecular weight excluding hydrogens is 337 g/mol. The van der Waals surface area contributed by atoms with E-state index in [4.69, 9.17) is 4.74 Å². The molecule has 2 aromatic rings. The topological polar surface area (TPSA) is 68.2 Å². The van der Waals surface area contributed by atoms with Gasteiger partial charge < -0.3 is 15.4 Å². The van der Waals surface area contributed by atoms with Gasteiger partial charge in [0.25, 0.3) is 5.91 Å². The summed E-state index contributed by atoms with van der Waals surface area (Å²) >= 11 is 0. The molecule has 1 aromatic carbocycles. The molecule has 1 aliphatic heterocycles. The molecule has 9 heteroatoms. The van der Waals surface area contributed by atoms with E-state index < -0.39 is 23.8 Å². The van der Waals surface area contributed by atoms with Crippen LogP contribution in [0.2, 0.25) is 0 Å². The first-order chi connectivity index (χ1) is 11.9. The Morgan fingerprint density at radius 2 is 2.16 bits per heavy atom. The summed E-state index contributed by atoms with van der Waals surface area (Å²) in [5.41, 5.74) is -0.500. The second-order valence-corrected chi connectivity index (χ2v) is 5.65. The monoisotopic (exact) mass is 354 g/mol. The Hall–Kier alpha value is -2.39. The quantitative estimate of drug-likeness (QED) is 0.886. The fourth-order valence-corrected chi connectivity index (χ4v) is 2.61. The van der Waals surface area contributed by atoms with Crippen LogP contribution in [0.5, 0.6) is 0 Å². The Morgan fingerprint density at radius 3 is 2.84 bits per heavy atom. The van der Waals surface area contributed by atoms with E-state index in [0.717, 1.165) is 10.7 Å². The van der Waals surface area contributed by atoms with Crippen molar-refractivity contribution in [3.63, 3.8) is 0 Å². The van der Waals surface area contributed by atoms with Crippen LogP contribution in [0.3, 0.4) is 0 Å². The largest absolute Gasteiger partial charge is 0.418 e. The maximum Gasteiger partial charge on any atom is 0.418 e. The summed E-state index contributed by atoms with van der Waals surface area (Å²) < 4.78 is 46.3. The summed E-state index contributed by atoms with van der Waals surface area (Å²) in [6.45, 7) is 3.03. The Labute approximate surface area is 142 Å². The minimum Gasteiger partial charge on any atom is -0.366 e. The van der Waals surface area contributed by atoms with Crippen LogP contribution < -0.4 is 10.6 Å². The van der Waals surface area contributed by atoms with Gasteiger partial charge in [0.05, 0.1) is 23.6 Å². The minimum absolute atomic E-state index is 0.152. The molecule has 2 N–H and O–H groups in total. The zero-order chi connectivity index (χ0) is 18.0. The molecule has 3 rings (SSSR count). The number of anilines is 1. The number of benzene rings is 1. The third kappa shape index (κ3) is 3.83. The second-order valence-electron chi connectivity index (χ2n) is 5.65. The van der Waals surface area contributed by atoms with Crippen molar-refractivity contribution in [1.82, 2.24) is 15.1 Å². The van der Waals surface area contributed by atoms with E-state index in [0.29, 0.717) is 25.4 Å². The lowest BCUT2D eigenvalue weighted by atomic mass is 10.1. The number of aromatic nitrogens is 2. The maximum absolute atomic E-state index is 13.3. The molecular formula is C16H17F3N4O2. The molecule has 0 saturated carbocycles. The van der Waals surface area contributed by atoms with Gasteiger partial charge in [-0.3, -0.25) is 4.79 Å². The molecule has 0 spiro atoms. The first-order valence-electron chi connectivity index (χ1n) is 7.72. The lowest BCUT2D eigenvalue weighted by Gasteiger charge is -2.23. The molecule has 1 aromatic heterocycles. The first kappa shape index (κ1) is 17.4. The lowest BCUT2D eigenvalue weighted by molar-refractivity contribution is -0.137. The Morgan fingerprint density at radius 1 is 1.40 bits per heavy atom. The average molecular weight is 354 g/mol. The van der Waals surface area contributed by atoms with Crippen LogP contribution in [0.1, 0.15) is 11.3 Å². The molecule has 1 amide bonds. The summed E-state index contributed by atoms with van der Waals surface area (Å²) in [6, 6.07) is 6.60. The molecule has 0 radical (unpaired) electrons. The maximum atomic E-state index is 13.3. The highest BCUT2D eigenvalue weighted by Crippen LogP contribution is 2.34. The summed E-state index contributed by atoms with van der Waals surface area (Å²) in [4.78, 5) is 12.3. The van der Waals surface area contributed by atoms with E-state index >= 15 is 0 Å². The Bertz CT molecular complexity index is 767.